The van der Waals surface area contributed by atoms with Crippen LogP contribution in [-0.2, 0) is 11.3 Å². The Labute approximate surface area is 115 Å². The van der Waals surface area contributed by atoms with Crippen LogP contribution in [0.1, 0.15) is 12.5 Å². The van der Waals surface area contributed by atoms with E-state index in [-0.39, 0.29) is 6.54 Å². The number of carbonyl (C=O) groups is 1. The number of carbonyl (C=O) groups excluding carboxylic acids is 1. The molecule has 1 aromatic rings. The molecule has 0 aliphatic carbocycles. The molecule has 0 aliphatic heterocycles. The van der Waals surface area contributed by atoms with E-state index in [1.54, 1.807) is 12.1 Å². The van der Waals surface area contributed by atoms with Crippen molar-refractivity contribution >= 4 is 29.1 Å². The first-order chi connectivity index (χ1) is 8.49. The predicted molar refractivity (Wildman–Crippen MR) is 68.1 cm³/mol. The van der Waals surface area contributed by atoms with E-state index in [1.165, 1.54) is 13.0 Å². The Hall–Kier alpha value is -1.31. The van der Waals surface area contributed by atoms with Crippen LogP contribution in [0.4, 0.5) is 4.39 Å². The minimum absolute atomic E-state index is 0.0769. The monoisotopic (exact) mass is 288 g/mol. The fourth-order valence-corrected chi connectivity index (χ4v) is 1.89. The first-order valence-corrected chi connectivity index (χ1v) is 5.94. The van der Waals surface area contributed by atoms with Gasteiger partial charge in [-0.15, -0.1) is 0 Å². The molecule has 0 saturated heterocycles. The molecule has 0 N–H and O–H groups in total. The van der Waals surface area contributed by atoms with E-state index in [0.717, 1.165) is 4.90 Å². The molecular formula is C12H11Cl2FN2O. The quantitative estimate of drug-likeness (QED) is 0.854. The Bertz CT molecular complexity index is 487. The molecular weight excluding hydrogens is 278 g/mol. The maximum atomic E-state index is 12.4. The summed E-state index contributed by atoms with van der Waals surface area (Å²) in [7, 11) is 0. The van der Waals surface area contributed by atoms with E-state index in [1.807, 2.05) is 6.07 Å². The molecule has 1 rings (SSSR count). The molecule has 18 heavy (non-hydrogen) atoms. The smallest absolute Gasteiger partial charge is 0.255 e. The molecule has 0 saturated carbocycles. The molecule has 6 heteroatoms. The third-order valence-electron chi connectivity index (χ3n) is 2.44. The lowest BCUT2D eigenvalue weighted by Crippen LogP contribution is -2.38. The lowest BCUT2D eigenvalue weighted by Gasteiger charge is -2.24. The van der Waals surface area contributed by atoms with E-state index < -0.39 is 18.6 Å². The zero-order chi connectivity index (χ0) is 13.7. The van der Waals surface area contributed by atoms with Gasteiger partial charge in [0.1, 0.15) is 6.04 Å². The Morgan fingerprint density at radius 1 is 1.56 bits per heavy atom. The summed E-state index contributed by atoms with van der Waals surface area (Å²) < 4.78 is 12.4. The summed E-state index contributed by atoms with van der Waals surface area (Å²) in [6.07, 6.45) is 0. The molecule has 0 heterocycles. The van der Waals surface area contributed by atoms with Crippen molar-refractivity contribution in [1.29, 1.82) is 5.26 Å². The number of nitrogens with zero attached hydrogens (tertiary/aromatic N) is 2. The highest BCUT2D eigenvalue weighted by Gasteiger charge is 2.20. The van der Waals surface area contributed by atoms with Gasteiger partial charge in [-0.1, -0.05) is 29.3 Å². The largest absolute Gasteiger partial charge is 0.320 e. The maximum absolute atomic E-state index is 12.4. The third-order valence-corrected chi connectivity index (χ3v) is 3.03. The number of amides is 1. The van der Waals surface area contributed by atoms with Crippen LogP contribution >= 0.6 is 23.2 Å². The summed E-state index contributed by atoms with van der Waals surface area (Å²) >= 11 is 11.7. The van der Waals surface area contributed by atoms with Crippen LogP contribution < -0.4 is 0 Å². The van der Waals surface area contributed by atoms with Gasteiger partial charge in [-0.3, -0.25) is 4.79 Å². The number of benzene rings is 1. The normalized spacial score (nSPS) is 11.7. The highest BCUT2D eigenvalue weighted by molar-refractivity contribution is 6.35. The first-order valence-electron chi connectivity index (χ1n) is 5.18. The minimum atomic E-state index is -1.14. The second-order valence-electron chi connectivity index (χ2n) is 3.70. The lowest BCUT2D eigenvalue weighted by atomic mass is 10.2. The maximum Gasteiger partial charge on any atom is 0.255 e. The van der Waals surface area contributed by atoms with Crippen molar-refractivity contribution in [3.05, 3.63) is 33.8 Å². The van der Waals surface area contributed by atoms with E-state index >= 15 is 0 Å². The molecule has 0 radical (unpaired) electrons. The summed E-state index contributed by atoms with van der Waals surface area (Å²) in [5, 5.41) is 9.67. The van der Waals surface area contributed by atoms with Crippen molar-refractivity contribution in [3.8, 4) is 6.07 Å². The fraction of sp³-hybridized carbons (Fsp3) is 0.333. The fourth-order valence-electron chi connectivity index (χ4n) is 1.42. The van der Waals surface area contributed by atoms with Crippen LogP contribution in [0.5, 0.6) is 0 Å². The van der Waals surface area contributed by atoms with Crippen molar-refractivity contribution in [2.75, 3.05) is 6.67 Å². The van der Waals surface area contributed by atoms with Crippen LogP contribution in [0.25, 0.3) is 0 Å². The highest BCUT2D eigenvalue weighted by atomic mass is 35.5. The number of nitriles is 1. The van der Waals surface area contributed by atoms with Crippen molar-refractivity contribution in [2.45, 2.75) is 19.5 Å². The van der Waals surface area contributed by atoms with Crippen LogP contribution in [-0.4, -0.2) is 23.5 Å². The average Bonchev–Trinajstić information content (AvgIpc) is 2.36. The van der Waals surface area contributed by atoms with Gasteiger partial charge >= 0.3 is 0 Å². The van der Waals surface area contributed by atoms with Gasteiger partial charge in [0.05, 0.1) is 6.07 Å². The van der Waals surface area contributed by atoms with E-state index in [0.29, 0.717) is 15.6 Å². The van der Waals surface area contributed by atoms with Crippen molar-refractivity contribution in [2.24, 2.45) is 0 Å². The summed E-state index contributed by atoms with van der Waals surface area (Å²) in [5.74, 6) is -0.741. The number of hydrogen-bond acceptors (Lipinski definition) is 2. The molecule has 1 atom stereocenters. The van der Waals surface area contributed by atoms with Gasteiger partial charge in [0, 0.05) is 16.6 Å². The summed E-state index contributed by atoms with van der Waals surface area (Å²) in [6, 6.07) is 5.98. The second kappa shape index (κ2) is 6.58. The summed E-state index contributed by atoms with van der Waals surface area (Å²) in [5.41, 5.74) is 0.616. The van der Waals surface area contributed by atoms with Crippen LogP contribution in [0.3, 0.4) is 0 Å². The number of hydrogen-bond donors (Lipinski definition) is 0. The topological polar surface area (TPSA) is 44.1 Å². The Morgan fingerprint density at radius 3 is 2.72 bits per heavy atom. The van der Waals surface area contributed by atoms with E-state index in [4.69, 9.17) is 28.5 Å². The molecule has 0 spiro atoms. The van der Waals surface area contributed by atoms with Crippen molar-refractivity contribution < 1.29 is 9.18 Å². The molecule has 1 unspecified atom stereocenters. The zero-order valence-electron chi connectivity index (χ0n) is 9.66. The van der Waals surface area contributed by atoms with Gasteiger partial charge in [0.15, 0.2) is 6.67 Å². The molecule has 0 bridgehead atoms. The Kier molecular flexibility index (Phi) is 5.39. The van der Waals surface area contributed by atoms with Crippen LogP contribution in [0, 0.1) is 11.3 Å². The molecule has 3 nitrogen and oxygen atoms in total. The molecule has 0 aromatic heterocycles. The summed E-state index contributed by atoms with van der Waals surface area (Å²) in [4.78, 5) is 12.6. The number of halogens is 3. The second-order valence-corrected chi connectivity index (χ2v) is 4.54. The molecule has 96 valence electrons. The molecule has 1 amide bonds. The minimum Gasteiger partial charge on any atom is -0.320 e. The summed E-state index contributed by atoms with van der Waals surface area (Å²) in [6.45, 7) is 0.460. The van der Waals surface area contributed by atoms with Crippen molar-refractivity contribution in [3.63, 3.8) is 0 Å². The molecule has 0 aliphatic rings. The Morgan fingerprint density at radius 2 is 2.22 bits per heavy atom. The number of alkyl halides is 1. The molecule has 0 fully saturated rings. The van der Waals surface area contributed by atoms with Gasteiger partial charge in [0.25, 0.3) is 5.91 Å². The SMILES string of the molecule is CC(C#N)N(Cc1ccc(Cl)cc1Cl)C(=O)CF. The highest BCUT2D eigenvalue weighted by Crippen LogP contribution is 2.23. The third kappa shape index (κ3) is 3.59. The zero-order valence-corrected chi connectivity index (χ0v) is 11.2. The Balaban J connectivity index is 2.96. The van der Waals surface area contributed by atoms with E-state index in [9.17, 15) is 9.18 Å². The number of rotatable bonds is 4. The lowest BCUT2D eigenvalue weighted by molar-refractivity contribution is -0.133. The van der Waals surface area contributed by atoms with Gasteiger partial charge in [-0.25, -0.2) is 4.39 Å². The standard InChI is InChI=1S/C12H11Cl2FN2O/c1-8(6-16)17(12(18)5-15)7-9-2-3-10(13)4-11(9)14/h2-4,8H,5,7H2,1H3. The van der Waals surface area contributed by atoms with Gasteiger partial charge in [-0.05, 0) is 24.6 Å². The van der Waals surface area contributed by atoms with E-state index in [2.05, 4.69) is 0 Å². The van der Waals surface area contributed by atoms with Crippen LogP contribution in [0.2, 0.25) is 10.0 Å². The van der Waals surface area contributed by atoms with Gasteiger partial charge in [0.2, 0.25) is 0 Å². The van der Waals surface area contributed by atoms with Crippen molar-refractivity contribution in [1.82, 2.24) is 4.90 Å². The van der Waals surface area contributed by atoms with Crippen LogP contribution in [0.15, 0.2) is 18.2 Å². The first kappa shape index (κ1) is 14.7. The van der Waals surface area contributed by atoms with Gasteiger partial charge < -0.3 is 4.90 Å². The molecule has 1 aromatic carbocycles. The predicted octanol–water partition coefficient (Wildman–Crippen LogP) is 3.20. The average molecular weight is 289 g/mol. The van der Waals surface area contributed by atoms with Gasteiger partial charge in [-0.2, -0.15) is 5.26 Å².